The third kappa shape index (κ3) is 3.63. The second kappa shape index (κ2) is 7.44. The molecule has 1 aromatic rings. The lowest BCUT2D eigenvalue weighted by Crippen LogP contribution is -2.40. The van der Waals surface area contributed by atoms with Gasteiger partial charge >= 0.3 is 11.9 Å². The van der Waals surface area contributed by atoms with E-state index in [4.69, 9.17) is 9.47 Å². The van der Waals surface area contributed by atoms with Gasteiger partial charge in [-0.3, -0.25) is 9.59 Å². The summed E-state index contributed by atoms with van der Waals surface area (Å²) in [4.78, 5) is 25.0. The van der Waals surface area contributed by atoms with E-state index in [1.165, 1.54) is 0 Å². The van der Waals surface area contributed by atoms with Gasteiger partial charge in [0.15, 0.2) is 5.41 Å². The van der Waals surface area contributed by atoms with Crippen LogP contribution in [0, 0.1) is 11.3 Å². The van der Waals surface area contributed by atoms with E-state index in [-0.39, 0.29) is 19.1 Å². The van der Waals surface area contributed by atoms with Crippen molar-refractivity contribution in [1.29, 1.82) is 0 Å². The minimum atomic E-state index is -1.20. The van der Waals surface area contributed by atoms with Gasteiger partial charge in [-0.2, -0.15) is 0 Å². The molecule has 4 nitrogen and oxygen atoms in total. The quantitative estimate of drug-likeness (QED) is 0.615. The predicted octanol–water partition coefficient (Wildman–Crippen LogP) is 3.61. The molecule has 0 heterocycles. The van der Waals surface area contributed by atoms with Crippen LogP contribution in [0.2, 0.25) is 0 Å². The molecule has 1 fully saturated rings. The standard InChI is InChI=1S/C19H24O4/c1-4-22-17(20)19(18(21)23-5-2)12-14(3)16(13-19)11-15-9-7-6-8-10-15/h6-11,14H,4-5,12-13H2,1-3H3/b16-11+. The Hall–Kier alpha value is -2.10. The van der Waals surface area contributed by atoms with Gasteiger partial charge < -0.3 is 9.47 Å². The van der Waals surface area contributed by atoms with Gasteiger partial charge in [0.25, 0.3) is 0 Å². The number of ether oxygens (including phenoxy) is 2. The number of esters is 2. The van der Waals surface area contributed by atoms with Crippen LogP contribution in [-0.4, -0.2) is 25.2 Å². The summed E-state index contributed by atoms with van der Waals surface area (Å²) in [5.41, 5.74) is 0.946. The van der Waals surface area contributed by atoms with Crippen molar-refractivity contribution >= 4 is 18.0 Å². The Balaban J connectivity index is 2.33. The lowest BCUT2D eigenvalue weighted by atomic mass is 9.85. The topological polar surface area (TPSA) is 52.6 Å². The van der Waals surface area contributed by atoms with E-state index in [0.717, 1.165) is 11.1 Å². The zero-order valence-corrected chi connectivity index (χ0v) is 14.0. The highest BCUT2D eigenvalue weighted by molar-refractivity contribution is 6.01. The first-order chi connectivity index (χ1) is 11.0. The Morgan fingerprint density at radius 1 is 1.13 bits per heavy atom. The normalized spacial score (nSPS) is 21.2. The van der Waals surface area contributed by atoms with E-state index < -0.39 is 17.4 Å². The number of hydrogen-bond acceptors (Lipinski definition) is 4. The molecule has 0 spiro atoms. The maximum Gasteiger partial charge on any atom is 0.323 e. The molecule has 1 unspecified atom stereocenters. The first-order valence-corrected chi connectivity index (χ1v) is 8.13. The molecule has 0 aliphatic heterocycles. The summed E-state index contributed by atoms with van der Waals surface area (Å²) >= 11 is 0. The lowest BCUT2D eigenvalue weighted by molar-refractivity contribution is -0.171. The fourth-order valence-corrected chi connectivity index (χ4v) is 3.14. The second-order valence-corrected chi connectivity index (χ2v) is 5.93. The van der Waals surface area contributed by atoms with Gasteiger partial charge in [-0.15, -0.1) is 0 Å². The van der Waals surface area contributed by atoms with Gasteiger partial charge in [0.05, 0.1) is 13.2 Å². The van der Waals surface area contributed by atoms with Crippen LogP contribution in [0.4, 0.5) is 0 Å². The Morgan fingerprint density at radius 3 is 2.22 bits per heavy atom. The molecular weight excluding hydrogens is 292 g/mol. The second-order valence-electron chi connectivity index (χ2n) is 5.93. The van der Waals surface area contributed by atoms with Gasteiger partial charge in [-0.25, -0.2) is 0 Å². The molecule has 0 aromatic heterocycles. The molecule has 4 heteroatoms. The Kier molecular flexibility index (Phi) is 5.59. The smallest absolute Gasteiger partial charge is 0.323 e. The third-order valence-electron chi connectivity index (χ3n) is 4.28. The molecule has 0 radical (unpaired) electrons. The van der Waals surface area contributed by atoms with Gasteiger partial charge in [0.2, 0.25) is 0 Å². The van der Waals surface area contributed by atoms with Crippen LogP contribution in [0.15, 0.2) is 35.9 Å². The van der Waals surface area contributed by atoms with Gasteiger partial charge in [-0.05, 0) is 38.2 Å². The highest BCUT2D eigenvalue weighted by atomic mass is 16.6. The fourth-order valence-electron chi connectivity index (χ4n) is 3.14. The summed E-state index contributed by atoms with van der Waals surface area (Å²) in [6, 6.07) is 9.91. The largest absolute Gasteiger partial charge is 0.465 e. The molecular formula is C19H24O4. The number of carbonyl (C=O) groups is 2. The summed E-state index contributed by atoms with van der Waals surface area (Å²) < 4.78 is 10.4. The van der Waals surface area contributed by atoms with E-state index >= 15 is 0 Å². The number of allylic oxidation sites excluding steroid dienone is 1. The van der Waals surface area contributed by atoms with Crippen LogP contribution in [0.5, 0.6) is 0 Å². The maximum absolute atomic E-state index is 12.5. The summed E-state index contributed by atoms with van der Waals surface area (Å²) in [6.45, 7) is 6.04. The molecule has 0 N–H and O–H groups in total. The summed E-state index contributed by atoms with van der Waals surface area (Å²) in [7, 11) is 0. The van der Waals surface area contributed by atoms with Crippen LogP contribution >= 0.6 is 0 Å². The molecule has 124 valence electrons. The van der Waals surface area contributed by atoms with Gasteiger partial charge in [0.1, 0.15) is 0 Å². The Morgan fingerprint density at radius 2 is 1.70 bits per heavy atom. The zero-order chi connectivity index (χ0) is 16.9. The van der Waals surface area contributed by atoms with E-state index in [2.05, 4.69) is 6.08 Å². The van der Waals surface area contributed by atoms with Crippen LogP contribution in [0.25, 0.3) is 6.08 Å². The molecule has 1 aromatic carbocycles. The highest BCUT2D eigenvalue weighted by Crippen LogP contribution is 2.47. The average molecular weight is 316 g/mol. The number of rotatable bonds is 5. The van der Waals surface area contributed by atoms with Gasteiger partial charge in [0, 0.05) is 0 Å². The van der Waals surface area contributed by atoms with E-state index in [1.807, 2.05) is 37.3 Å². The first kappa shape index (κ1) is 17.3. The molecule has 2 rings (SSSR count). The van der Waals surface area contributed by atoms with Gasteiger partial charge in [-0.1, -0.05) is 48.9 Å². The minimum Gasteiger partial charge on any atom is -0.465 e. The lowest BCUT2D eigenvalue weighted by Gasteiger charge is -2.24. The molecule has 1 aliphatic carbocycles. The minimum absolute atomic E-state index is 0.129. The Labute approximate surface area is 137 Å². The SMILES string of the molecule is CCOC(=O)C1(C(=O)OCC)C/C(=C\c2ccccc2)C(C)C1. The number of benzene rings is 1. The van der Waals surface area contributed by atoms with Crippen molar-refractivity contribution < 1.29 is 19.1 Å². The van der Waals surface area contributed by atoms with E-state index in [0.29, 0.717) is 12.8 Å². The van der Waals surface area contributed by atoms with E-state index in [9.17, 15) is 9.59 Å². The molecule has 1 atom stereocenters. The molecule has 1 aliphatic rings. The van der Waals surface area contributed by atoms with Crippen molar-refractivity contribution in [3.05, 3.63) is 41.5 Å². The van der Waals surface area contributed by atoms with Crippen molar-refractivity contribution in [2.75, 3.05) is 13.2 Å². The van der Waals surface area contributed by atoms with Crippen molar-refractivity contribution in [2.24, 2.45) is 11.3 Å². The molecule has 23 heavy (non-hydrogen) atoms. The van der Waals surface area contributed by atoms with E-state index in [1.54, 1.807) is 13.8 Å². The first-order valence-electron chi connectivity index (χ1n) is 8.13. The summed E-state index contributed by atoms with van der Waals surface area (Å²) in [5, 5.41) is 0. The molecule has 1 saturated carbocycles. The third-order valence-corrected chi connectivity index (χ3v) is 4.28. The van der Waals surface area contributed by atoms with Crippen LogP contribution in [0.1, 0.15) is 39.2 Å². The number of hydrogen-bond donors (Lipinski definition) is 0. The van der Waals surface area contributed by atoms with Crippen LogP contribution in [0.3, 0.4) is 0 Å². The van der Waals surface area contributed by atoms with Crippen molar-refractivity contribution in [1.82, 2.24) is 0 Å². The molecule has 0 saturated heterocycles. The highest BCUT2D eigenvalue weighted by Gasteiger charge is 2.54. The van der Waals surface area contributed by atoms with Crippen molar-refractivity contribution in [3.8, 4) is 0 Å². The number of carbonyl (C=O) groups excluding carboxylic acids is 2. The summed E-state index contributed by atoms with van der Waals surface area (Å²) in [5.74, 6) is -0.812. The van der Waals surface area contributed by atoms with Crippen LogP contribution < -0.4 is 0 Å². The molecule has 0 amide bonds. The molecule has 0 bridgehead atoms. The van der Waals surface area contributed by atoms with Crippen molar-refractivity contribution in [3.63, 3.8) is 0 Å². The monoisotopic (exact) mass is 316 g/mol. The fraction of sp³-hybridized carbons (Fsp3) is 0.474. The Bertz CT molecular complexity index is 571. The van der Waals surface area contributed by atoms with Crippen LogP contribution in [-0.2, 0) is 19.1 Å². The van der Waals surface area contributed by atoms with Crippen molar-refractivity contribution in [2.45, 2.75) is 33.6 Å². The summed E-state index contributed by atoms with van der Waals surface area (Å²) in [6.07, 6.45) is 2.86. The average Bonchev–Trinajstić information content (AvgIpc) is 2.87. The zero-order valence-electron chi connectivity index (χ0n) is 14.0. The maximum atomic E-state index is 12.5. The predicted molar refractivity (Wildman–Crippen MR) is 88.5 cm³/mol.